The number of nitrogens with zero attached hydrogens (tertiary/aromatic N) is 4. The highest BCUT2D eigenvalue weighted by Gasteiger charge is 2.29. The lowest BCUT2D eigenvalue weighted by atomic mass is 10.2. The lowest BCUT2D eigenvalue weighted by Crippen LogP contribution is -2.18. The molecule has 0 spiro atoms. The van der Waals surface area contributed by atoms with Gasteiger partial charge in [0, 0.05) is 30.2 Å². The molecule has 0 radical (unpaired) electrons. The minimum absolute atomic E-state index is 0.00870. The maximum Gasteiger partial charge on any atom is 0.294 e. The number of fused-ring (bicyclic) bond motifs is 1. The van der Waals surface area contributed by atoms with Gasteiger partial charge in [-0.25, -0.2) is 0 Å². The fourth-order valence-corrected chi connectivity index (χ4v) is 2.61. The summed E-state index contributed by atoms with van der Waals surface area (Å²) in [6, 6.07) is 4.66. The molecule has 20 heavy (non-hydrogen) atoms. The Kier molecular flexibility index (Phi) is 2.79. The van der Waals surface area contributed by atoms with Crippen LogP contribution in [0.5, 0.6) is 0 Å². The molecule has 0 saturated carbocycles. The number of hydrogen-bond acceptors (Lipinski definition) is 5. The van der Waals surface area contributed by atoms with Crippen molar-refractivity contribution in [3.8, 4) is 0 Å². The van der Waals surface area contributed by atoms with E-state index in [2.05, 4.69) is 5.10 Å². The van der Waals surface area contributed by atoms with Crippen LogP contribution in [0.4, 0.5) is 17.2 Å². The molecule has 104 valence electrons. The first-order valence-corrected chi connectivity index (χ1v) is 6.34. The summed E-state index contributed by atoms with van der Waals surface area (Å²) >= 11 is 5.82. The number of aryl methyl sites for hydroxylation is 1. The van der Waals surface area contributed by atoms with Crippen LogP contribution in [-0.2, 0) is 20.1 Å². The van der Waals surface area contributed by atoms with E-state index in [1.165, 1.54) is 6.07 Å². The molecule has 0 amide bonds. The summed E-state index contributed by atoms with van der Waals surface area (Å²) in [5, 5.41) is 15.8. The SMILES string of the molecule is Cn1nc2c(c1N)CN(c1ccc(Cl)cc1[N+](=O)[O-])C2. The van der Waals surface area contributed by atoms with Crippen LogP contribution in [0.1, 0.15) is 11.3 Å². The fraction of sp³-hybridized carbons (Fsp3) is 0.250. The van der Waals surface area contributed by atoms with E-state index in [0.717, 1.165) is 11.3 Å². The van der Waals surface area contributed by atoms with Crippen molar-refractivity contribution in [1.29, 1.82) is 0 Å². The molecule has 0 unspecified atom stereocenters. The van der Waals surface area contributed by atoms with Gasteiger partial charge in [-0.15, -0.1) is 0 Å². The van der Waals surface area contributed by atoms with Gasteiger partial charge in [0.15, 0.2) is 0 Å². The number of nitro benzene ring substituents is 1. The third-order valence-corrected chi connectivity index (χ3v) is 3.68. The van der Waals surface area contributed by atoms with Crippen molar-refractivity contribution < 1.29 is 4.92 Å². The number of nitrogen functional groups attached to an aromatic ring is 1. The van der Waals surface area contributed by atoms with Gasteiger partial charge in [0.2, 0.25) is 0 Å². The molecule has 8 heteroatoms. The van der Waals surface area contributed by atoms with Crippen molar-refractivity contribution in [2.24, 2.45) is 7.05 Å². The summed E-state index contributed by atoms with van der Waals surface area (Å²) in [6.45, 7) is 1.01. The van der Waals surface area contributed by atoms with Crippen LogP contribution in [0.15, 0.2) is 18.2 Å². The molecule has 0 fully saturated rings. The molecule has 1 aromatic heterocycles. The predicted molar refractivity (Wildman–Crippen MR) is 75.6 cm³/mol. The summed E-state index contributed by atoms with van der Waals surface area (Å²) in [5.41, 5.74) is 8.24. The third-order valence-electron chi connectivity index (χ3n) is 3.44. The second-order valence-electron chi connectivity index (χ2n) is 4.68. The van der Waals surface area contributed by atoms with E-state index in [1.54, 1.807) is 23.9 Å². The van der Waals surface area contributed by atoms with Crippen LogP contribution >= 0.6 is 11.6 Å². The molecule has 3 rings (SSSR count). The largest absolute Gasteiger partial charge is 0.384 e. The number of nitrogens with two attached hydrogens (primary N) is 1. The average Bonchev–Trinajstić information content (AvgIpc) is 2.90. The minimum atomic E-state index is -0.430. The van der Waals surface area contributed by atoms with Crippen LogP contribution in [0.3, 0.4) is 0 Å². The Hall–Kier alpha value is -2.28. The van der Waals surface area contributed by atoms with Crippen LogP contribution in [0.2, 0.25) is 5.02 Å². The van der Waals surface area contributed by atoms with Crippen LogP contribution in [0, 0.1) is 10.1 Å². The van der Waals surface area contributed by atoms with E-state index in [1.807, 2.05) is 4.90 Å². The topological polar surface area (TPSA) is 90.2 Å². The number of hydrogen-bond donors (Lipinski definition) is 1. The molecule has 0 bridgehead atoms. The summed E-state index contributed by atoms with van der Waals surface area (Å²) in [4.78, 5) is 12.6. The summed E-state index contributed by atoms with van der Waals surface area (Å²) < 4.78 is 1.62. The average molecular weight is 294 g/mol. The second kappa shape index (κ2) is 4.38. The van der Waals surface area contributed by atoms with Crippen LogP contribution in [-0.4, -0.2) is 14.7 Å². The standard InChI is InChI=1S/C12H12ClN5O2/c1-16-12(14)8-5-17(6-9(8)15-16)10-3-2-7(13)4-11(10)18(19)20/h2-4H,5-6,14H2,1H3. The van der Waals surface area contributed by atoms with E-state index in [9.17, 15) is 10.1 Å². The first kappa shape index (κ1) is 12.7. The second-order valence-corrected chi connectivity index (χ2v) is 5.12. The number of benzene rings is 1. The molecule has 0 atom stereocenters. The fourth-order valence-electron chi connectivity index (χ4n) is 2.45. The Labute approximate surface area is 119 Å². The molecule has 1 aliphatic rings. The number of anilines is 2. The van der Waals surface area contributed by atoms with Crippen LogP contribution < -0.4 is 10.6 Å². The van der Waals surface area contributed by atoms with Gasteiger partial charge in [-0.3, -0.25) is 14.8 Å². The van der Waals surface area contributed by atoms with Crippen molar-refractivity contribution in [3.63, 3.8) is 0 Å². The van der Waals surface area contributed by atoms with E-state index in [4.69, 9.17) is 17.3 Å². The first-order valence-electron chi connectivity index (χ1n) is 5.96. The molecule has 2 heterocycles. The van der Waals surface area contributed by atoms with Crippen molar-refractivity contribution in [2.75, 3.05) is 10.6 Å². The molecule has 7 nitrogen and oxygen atoms in total. The lowest BCUT2D eigenvalue weighted by Gasteiger charge is -2.18. The van der Waals surface area contributed by atoms with Crippen molar-refractivity contribution >= 4 is 28.8 Å². The smallest absolute Gasteiger partial charge is 0.294 e. The summed E-state index contributed by atoms with van der Waals surface area (Å²) in [5.74, 6) is 0.596. The highest BCUT2D eigenvalue weighted by atomic mass is 35.5. The molecule has 0 aliphatic carbocycles. The number of nitro groups is 1. The van der Waals surface area contributed by atoms with Gasteiger partial charge in [0.05, 0.1) is 17.2 Å². The van der Waals surface area contributed by atoms with Gasteiger partial charge in [-0.2, -0.15) is 5.10 Å². The first-order chi connectivity index (χ1) is 9.47. The molecule has 2 N–H and O–H groups in total. The number of aromatic nitrogens is 2. The molecular weight excluding hydrogens is 282 g/mol. The van der Waals surface area contributed by atoms with Gasteiger partial charge in [-0.1, -0.05) is 11.6 Å². The minimum Gasteiger partial charge on any atom is -0.384 e. The molecule has 1 aromatic carbocycles. The Bertz CT molecular complexity index is 712. The zero-order valence-corrected chi connectivity index (χ0v) is 11.5. The van der Waals surface area contributed by atoms with E-state index < -0.39 is 4.92 Å². The zero-order chi connectivity index (χ0) is 14.4. The van der Waals surface area contributed by atoms with Gasteiger partial charge < -0.3 is 10.6 Å². The monoisotopic (exact) mass is 293 g/mol. The highest BCUT2D eigenvalue weighted by Crippen LogP contribution is 2.37. The van der Waals surface area contributed by atoms with E-state index in [-0.39, 0.29) is 5.69 Å². The quantitative estimate of drug-likeness (QED) is 0.676. The maximum absolute atomic E-state index is 11.1. The normalized spacial score (nSPS) is 13.6. The van der Waals surface area contributed by atoms with Gasteiger partial charge >= 0.3 is 0 Å². The van der Waals surface area contributed by atoms with Crippen molar-refractivity contribution in [1.82, 2.24) is 9.78 Å². The maximum atomic E-state index is 11.1. The van der Waals surface area contributed by atoms with Gasteiger partial charge in [0.25, 0.3) is 5.69 Å². The Morgan fingerprint density at radius 2 is 2.20 bits per heavy atom. The zero-order valence-electron chi connectivity index (χ0n) is 10.7. The number of rotatable bonds is 2. The van der Waals surface area contributed by atoms with Crippen molar-refractivity contribution in [3.05, 3.63) is 44.6 Å². The Morgan fingerprint density at radius 3 is 2.85 bits per heavy atom. The predicted octanol–water partition coefficient (Wildman–Crippen LogP) is 2.08. The van der Waals surface area contributed by atoms with Crippen LogP contribution in [0.25, 0.3) is 0 Å². The lowest BCUT2D eigenvalue weighted by molar-refractivity contribution is -0.384. The molecular formula is C12H12ClN5O2. The Morgan fingerprint density at radius 1 is 1.45 bits per heavy atom. The summed E-state index contributed by atoms with van der Waals surface area (Å²) in [7, 11) is 1.78. The van der Waals surface area contributed by atoms with Gasteiger partial charge in [0.1, 0.15) is 11.5 Å². The molecule has 0 saturated heterocycles. The Balaban J connectivity index is 1.99. The highest BCUT2D eigenvalue weighted by molar-refractivity contribution is 6.30. The van der Waals surface area contributed by atoms with Crippen molar-refractivity contribution in [2.45, 2.75) is 13.1 Å². The molecule has 1 aliphatic heterocycles. The van der Waals surface area contributed by atoms with E-state index in [0.29, 0.717) is 29.6 Å². The summed E-state index contributed by atoms with van der Waals surface area (Å²) in [6.07, 6.45) is 0. The van der Waals surface area contributed by atoms with Gasteiger partial charge in [-0.05, 0) is 12.1 Å². The third kappa shape index (κ3) is 1.87. The molecule has 2 aromatic rings. The number of halogens is 1. The van der Waals surface area contributed by atoms with E-state index >= 15 is 0 Å².